The van der Waals surface area contributed by atoms with Crippen molar-refractivity contribution >= 4 is 34.4 Å². The van der Waals surface area contributed by atoms with Gasteiger partial charge >= 0.3 is 0 Å². The molecule has 0 aliphatic carbocycles. The second-order valence-electron chi connectivity index (χ2n) is 3.97. The van der Waals surface area contributed by atoms with Crippen molar-refractivity contribution in [2.45, 2.75) is 0 Å². The van der Waals surface area contributed by atoms with Crippen LogP contribution >= 0.6 is 23.2 Å². The lowest BCUT2D eigenvalue weighted by molar-refractivity contribution is 0.548. The van der Waals surface area contributed by atoms with Crippen LogP contribution in [0.25, 0.3) is 22.3 Å². The topological polar surface area (TPSA) is 51.6 Å². The molecule has 0 spiro atoms. The summed E-state index contributed by atoms with van der Waals surface area (Å²) in [5.41, 5.74) is -0.700. The summed E-state index contributed by atoms with van der Waals surface area (Å²) >= 11 is 12.0. The molecule has 0 fully saturated rings. The fraction of sp³-hybridized carbons (Fsp3) is 0. The molecule has 0 aliphatic heterocycles. The predicted molar refractivity (Wildman–Crippen MR) is 70.5 cm³/mol. The second-order valence-corrected chi connectivity index (χ2v) is 4.70. The summed E-state index contributed by atoms with van der Waals surface area (Å²) in [4.78, 5) is 7.67. The van der Waals surface area contributed by atoms with Crippen LogP contribution in [0.3, 0.4) is 0 Å². The SMILES string of the molecule is Fc1cc(F)c(-c2c(Cl)nc3nncnc3c2Cl)c(F)c1. The summed E-state index contributed by atoms with van der Waals surface area (Å²) in [6.07, 6.45) is 1.10. The Kier molecular flexibility index (Phi) is 3.38. The first-order valence-electron chi connectivity index (χ1n) is 5.46. The van der Waals surface area contributed by atoms with Gasteiger partial charge < -0.3 is 0 Å². The van der Waals surface area contributed by atoms with Gasteiger partial charge in [-0.15, -0.1) is 10.2 Å². The van der Waals surface area contributed by atoms with Gasteiger partial charge in [-0.2, -0.15) is 0 Å². The predicted octanol–water partition coefficient (Wildman–Crippen LogP) is 3.81. The van der Waals surface area contributed by atoms with Crippen molar-refractivity contribution in [3.63, 3.8) is 0 Å². The summed E-state index contributed by atoms with van der Waals surface area (Å²) in [6.45, 7) is 0. The lowest BCUT2D eigenvalue weighted by Crippen LogP contribution is -1.99. The Balaban J connectivity index is 2.41. The number of halogens is 5. The number of fused-ring (bicyclic) bond motifs is 1. The zero-order valence-electron chi connectivity index (χ0n) is 9.91. The smallest absolute Gasteiger partial charge is 0.203 e. The van der Waals surface area contributed by atoms with Gasteiger partial charge in [0.25, 0.3) is 0 Å². The Hall–Kier alpha value is -1.99. The van der Waals surface area contributed by atoms with Gasteiger partial charge in [0.2, 0.25) is 5.65 Å². The third-order valence-electron chi connectivity index (χ3n) is 2.70. The molecule has 9 heteroatoms. The van der Waals surface area contributed by atoms with Gasteiger partial charge in [-0.3, -0.25) is 0 Å². The Bertz CT molecular complexity index is 849. The monoisotopic (exact) mass is 330 g/mol. The van der Waals surface area contributed by atoms with Gasteiger partial charge in [0.05, 0.1) is 10.6 Å². The third-order valence-corrected chi connectivity index (χ3v) is 3.34. The lowest BCUT2D eigenvalue weighted by Gasteiger charge is -2.10. The molecular weight excluding hydrogens is 328 g/mol. The highest BCUT2D eigenvalue weighted by atomic mass is 35.5. The van der Waals surface area contributed by atoms with E-state index in [9.17, 15) is 13.2 Å². The number of hydrogen-bond donors (Lipinski definition) is 0. The first-order chi connectivity index (χ1) is 9.99. The van der Waals surface area contributed by atoms with E-state index in [-0.39, 0.29) is 26.9 Å². The molecule has 21 heavy (non-hydrogen) atoms. The zero-order valence-corrected chi connectivity index (χ0v) is 11.4. The Labute approximate surface area is 125 Å². The van der Waals surface area contributed by atoms with Crippen LogP contribution in [0, 0.1) is 17.5 Å². The molecule has 0 aliphatic rings. The highest BCUT2D eigenvalue weighted by molar-refractivity contribution is 6.41. The zero-order chi connectivity index (χ0) is 15.1. The van der Waals surface area contributed by atoms with E-state index in [1.807, 2.05) is 0 Å². The van der Waals surface area contributed by atoms with Crippen LogP contribution in [-0.2, 0) is 0 Å². The summed E-state index contributed by atoms with van der Waals surface area (Å²) < 4.78 is 40.8. The number of aromatic nitrogens is 4. The van der Waals surface area contributed by atoms with Crippen molar-refractivity contribution in [1.82, 2.24) is 20.2 Å². The molecule has 0 amide bonds. The molecule has 3 rings (SSSR count). The third kappa shape index (κ3) is 2.28. The molecule has 0 bridgehead atoms. The van der Waals surface area contributed by atoms with Crippen molar-refractivity contribution in [1.29, 1.82) is 0 Å². The number of benzene rings is 1. The largest absolute Gasteiger partial charge is 0.229 e. The average molecular weight is 331 g/mol. The first kappa shape index (κ1) is 14.0. The molecule has 2 aromatic heterocycles. The summed E-state index contributed by atoms with van der Waals surface area (Å²) in [5, 5.41) is 6.72. The Morgan fingerprint density at radius 3 is 2.29 bits per heavy atom. The van der Waals surface area contributed by atoms with E-state index in [0.717, 1.165) is 6.33 Å². The van der Waals surface area contributed by atoms with Gasteiger partial charge in [0.1, 0.15) is 34.4 Å². The number of rotatable bonds is 1. The normalized spacial score (nSPS) is 11.1. The van der Waals surface area contributed by atoms with E-state index < -0.39 is 23.0 Å². The van der Waals surface area contributed by atoms with Gasteiger partial charge in [-0.1, -0.05) is 23.2 Å². The maximum Gasteiger partial charge on any atom is 0.203 e. The van der Waals surface area contributed by atoms with Crippen LogP contribution in [-0.4, -0.2) is 20.2 Å². The summed E-state index contributed by atoms with van der Waals surface area (Å²) in [7, 11) is 0. The molecule has 0 saturated heterocycles. The maximum atomic E-state index is 13.9. The van der Waals surface area contributed by atoms with Crippen molar-refractivity contribution in [2.75, 3.05) is 0 Å². The van der Waals surface area contributed by atoms with Crippen molar-refractivity contribution in [3.05, 3.63) is 46.1 Å². The summed E-state index contributed by atoms with van der Waals surface area (Å²) in [5.74, 6) is -3.36. The van der Waals surface area contributed by atoms with Crippen molar-refractivity contribution in [3.8, 4) is 11.1 Å². The van der Waals surface area contributed by atoms with Gasteiger partial charge in [0, 0.05) is 17.7 Å². The number of hydrogen-bond acceptors (Lipinski definition) is 4. The maximum absolute atomic E-state index is 13.9. The molecule has 0 saturated carbocycles. The lowest BCUT2D eigenvalue weighted by atomic mass is 10.1. The molecular formula is C12H3Cl2F3N4. The van der Waals surface area contributed by atoms with Crippen LogP contribution in [0.5, 0.6) is 0 Å². The minimum absolute atomic E-state index is 0.0270. The molecule has 0 atom stereocenters. The molecule has 1 aromatic carbocycles. The Morgan fingerprint density at radius 2 is 1.62 bits per heavy atom. The molecule has 3 aromatic rings. The average Bonchev–Trinajstić information content (AvgIpc) is 2.41. The molecule has 106 valence electrons. The molecule has 0 N–H and O–H groups in total. The number of nitrogens with zero attached hydrogens (tertiary/aromatic N) is 4. The van der Waals surface area contributed by atoms with Gasteiger partial charge in [0.15, 0.2) is 0 Å². The van der Waals surface area contributed by atoms with Crippen molar-refractivity contribution in [2.24, 2.45) is 0 Å². The highest BCUT2D eigenvalue weighted by Gasteiger charge is 2.22. The van der Waals surface area contributed by atoms with E-state index in [0.29, 0.717) is 12.1 Å². The molecule has 2 heterocycles. The second kappa shape index (κ2) is 5.09. The fourth-order valence-electron chi connectivity index (χ4n) is 1.85. The van der Waals surface area contributed by atoms with E-state index >= 15 is 0 Å². The number of pyridine rings is 1. The minimum Gasteiger partial charge on any atom is -0.229 e. The quantitative estimate of drug-likeness (QED) is 0.636. The summed E-state index contributed by atoms with van der Waals surface area (Å²) in [6, 6.07) is 1.04. The van der Waals surface area contributed by atoms with Gasteiger partial charge in [-0.05, 0) is 0 Å². The van der Waals surface area contributed by atoms with Crippen LogP contribution in [0.15, 0.2) is 18.5 Å². The fourth-order valence-corrected chi connectivity index (χ4v) is 2.49. The van der Waals surface area contributed by atoms with Crippen LogP contribution < -0.4 is 0 Å². The molecule has 0 unspecified atom stereocenters. The van der Waals surface area contributed by atoms with E-state index in [1.165, 1.54) is 0 Å². The van der Waals surface area contributed by atoms with Gasteiger partial charge in [-0.25, -0.2) is 23.1 Å². The van der Waals surface area contributed by atoms with E-state index in [4.69, 9.17) is 23.2 Å². The van der Waals surface area contributed by atoms with Crippen LogP contribution in [0.1, 0.15) is 0 Å². The van der Waals surface area contributed by atoms with E-state index in [2.05, 4.69) is 20.2 Å². The standard InChI is InChI=1S/C12H3Cl2F3N4/c13-9-8(7-5(16)1-4(15)2-6(7)17)11(14)20-12-10(9)18-3-19-21-12/h1-3H. The highest BCUT2D eigenvalue weighted by Crippen LogP contribution is 2.39. The molecule has 0 radical (unpaired) electrons. The van der Waals surface area contributed by atoms with E-state index in [1.54, 1.807) is 0 Å². The van der Waals surface area contributed by atoms with Crippen LogP contribution in [0.4, 0.5) is 13.2 Å². The molecule has 4 nitrogen and oxygen atoms in total. The van der Waals surface area contributed by atoms with Crippen LogP contribution in [0.2, 0.25) is 10.2 Å². The van der Waals surface area contributed by atoms with Crippen molar-refractivity contribution < 1.29 is 13.2 Å². The Morgan fingerprint density at radius 1 is 0.952 bits per heavy atom. The first-order valence-corrected chi connectivity index (χ1v) is 6.22. The minimum atomic E-state index is -1.15.